The third-order valence-corrected chi connectivity index (χ3v) is 2.80. The number of hydrogen-bond acceptors (Lipinski definition) is 2. The fourth-order valence-corrected chi connectivity index (χ4v) is 1.83. The average Bonchev–Trinajstić information content (AvgIpc) is 2.78. The number of aromatic amines is 1. The standard InChI is InChI=1S/C12H8ClN3O/c13-9-3-1-8(2-4-9)10-7-11(17)16-6-5-14-12(16)15-10/h1-7H,(H,14,15). The molecule has 0 spiro atoms. The molecule has 5 heteroatoms. The number of H-pyrrole nitrogens is 1. The van der Waals surface area contributed by atoms with Crippen molar-refractivity contribution >= 4 is 17.4 Å². The molecule has 0 bridgehead atoms. The number of fused-ring (bicyclic) bond motifs is 1. The molecular weight excluding hydrogens is 238 g/mol. The van der Waals surface area contributed by atoms with E-state index in [0.717, 1.165) is 11.3 Å². The number of rotatable bonds is 1. The van der Waals surface area contributed by atoms with Crippen molar-refractivity contribution in [1.82, 2.24) is 14.4 Å². The van der Waals surface area contributed by atoms with Crippen molar-refractivity contribution in [2.24, 2.45) is 0 Å². The number of halogens is 1. The fraction of sp³-hybridized carbons (Fsp3) is 0. The van der Waals surface area contributed by atoms with E-state index < -0.39 is 0 Å². The van der Waals surface area contributed by atoms with E-state index in [4.69, 9.17) is 11.6 Å². The largest absolute Gasteiger partial charge is 0.324 e. The summed E-state index contributed by atoms with van der Waals surface area (Å²) in [5.41, 5.74) is 1.52. The lowest BCUT2D eigenvalue weighted by molar-refractivity contribution is 1.06. The van der Waals surface area contributed by atoms with Crippen molar-refractivity contribution in [2.45, 2.75) is 0 Å². The Labute approximate surface area is 102 Å². The van der Waals surface area contributed by atoms with Crippen LogP contribution in [0.4, 0.5) is 0 Å². The zero-order valence-corrected chi connectivity index (χ0v) is 9.48. The van der Waals surface area contributed by atoms with Crippen LogP contribution in [-0.4, -0.2) is 14.4 Å². The van der Waals surface area contributed by atoms with Crippen LogP contribution in [0.3, 0.4) is 0 Å². The molecule has 0 atom stereocenters. The Morgan fingerprint density at radius 2 is 2.00 bits per heavy atom. The highest BCUT2D eigenvalue weighted by molar-refractivity contribution is 6.30. The first-order chi connectivity index (χ1) is 8.24. The normalized spacial score (nSPS) is 10.9. The molecule has 0 aliphatic heterocycles. The Kier molecular flexibility index (Phi) is 2.23. The van der Waals surface area contributed by atoms with Gasteiger partial charge in [0.05, 0.1) is 5.69 Å². The summed E-state index contributed by atoms with van der Waals surface area (Å²) in [7, 11) is 0. The van der Waals surface area contributed by atoms with E-state index in [-0.39, 0.29) is 5.56 Å². The van der Waals surface area contributed by atoms with Crippen molar-refractivity contribution in [3.63, 3.8) is 0 Å². The van der Waals surface area contributed by atoms with Crippen LogP contribution in [0.15, 0.2) is 47.5 Å². The van der Waals surface area contributed by atoms with Crippen molar-refractivity contribution < 1.29 is 0 Å². The summed E-state index contributed by atoms with van der Waals surface area (Å²) in [5.74, 6) is 0.530. The van der Waals surface area contributed by atoms with Gasteiger partial charge in [0.25, 0.3) is 5.56 Å². The van der Waals surface area contributed by atoms with Crippen LogP contribution in [0.5, 0.6) is 0 Å². The van der Waals surface area contributed by atoms with Gasteiger partial charge < -0.3 is 4.98 Å². The predicted molar refractivity (Wildman–Crippen MR) is 66.3 cm³/mol. The van der Waals surface area contributed by atoms with Crippen LogP contribution >= 0.6 is 11.6 Å². The number of imidazole rings is 1. The molecule has 17 heavy (non-hydrogen) atoms. The zero-order chi connectivity index (χ0) is 11.8. The fourth-order valence-electron chi connectivity index (χ4n) is 1.71. The second-order valence-electron chi connectivity index (χ2n) is 3.65. The highest BCUT2D eigenvalue weighted by atomic mass is 35.5. The smallest absolute Gasteiger partial charge is 0.259 e. The van der Waals surface area contributed by atoms with Crippen LogP contribution in [0.2, 0.25) is 5.02 Å². The Hall–Kier alpha value is -2.07. The molecule has 4 nitrogen and oxygen atoms in total. The quantitative estimate of drug-likeness (QED) is 0.715. The van der Waals surface area contributed by atoms with Crippen LogP contribution in [-0.2, 0) is 0 Å². The van der Waals surface area contributed by atoms with Crippen molar-refractivity contribution in [1.29, 1.82) is 0 Å². The molecule has 0 fully saturated rings. The van der Waals surface area contributed by atoms with E-state index in [9.17, 15) is 4.79 Å². The lowest BCUT2D eigenvalue weighted by atomic mass is 10.1. The van der Waals surface area contributed by atoms with Crippen molar-refractivity contribution in [2.75, 3.05) is 0 Å². The predicted octanol–water partition coefficient (Wildman–Crippen LogP) is 2.34. The minimum atomic E-state index is -0.110. The monoisotopic (exact) mass is 245 g/mol. The van der Waals surface area contributed by atoms with Gasteiger partial charge in [0.1, 0.15) is 0 Å². The lowest BCUT2D eigenvalue weighted by Gasteiger charge is -2.02. The lowest BCUT2D eigenvalue weighted by Crippen LogP contribution is -2.12. The maximum absolute atomic E-state index is 11.8. The molecule has 2 aromatic heterocycles. The van der Waals surface area contributed by atoms with Gasteiger partial charge in [0, 0.05) is 23.5 Å². The number of hydrogen-bond donors (Lipinski definition) is 1. The Bertz CT molecular complexity index is 727. The van der Waals surface area contributed by atoms with Gasteiger partial charge in [-0.15, -0.1) is 0 Å². The summed E-state index contributed by atoms with van der Waals surface area (Å²) in [6.45, 7) is 0. The van der Waals surface area contributed by atoms with E-state index >= 15 is 0 Å². The summed E-state index contributed by atoms with van der Waals surface area (Å²) in [4.78, 5) is 18.9. The van der Waals surface area contributed by atoms with E-state index in [2.05, 4.69) is 9.97 Å². The van der Waals surface area contributed by atoms with Crippen molar-refractivity contribution in [3.05, 3.63) is 58.1 Å². The van der Waals surface area contributed by atoms with Gasteiger partial charge in [-0.1, -0.05) is 23.7 Å². The molecule has 0 radical (unpaired) electrons. The molecule has 0 saturated heterocycles. The van der Waals surface area contributed by atoms with Gasteiger partial charge in [-0.05, 0) is 17.7 Å². The van der Waals surface area contributed by atoms with Crippen LogP contribution < -0.4 is 5.56 Å². The Morgan fingerprint density at radius 1 is 1.24 bits per heavy atom. The molecule has 0 unspecified atom stereocenters. The summed E-state index contributed by atoms with van der Waals surface area (Å²) < 4.78 is 1.46. The van der Waals surface area contributed by atoms with Gasteiger partial charge in [-0.3, -0.25) is 9.20 Å². The van der Waals surface area contributed by atoms with Gasteiger partial charge in [-0.25, -0.2) is 4.98 Å². The average molecular weight is 246 g/mol. The van der Waals surface area contributed by atoms with Gasteiger partial charge >= 0.3 is 0 Å². The molecule has 0 saturated carbocycles. The van der Waals surface area contributed by atoms with Crippen molar-refractivity contribution in [3.8, 4) is 11.3 Å². The molecule has 0 aliphatic carbocycles. The molecule has 1 aromatic carbocycles. The second-order valence-corrected chi connectivity index (χ2v) is 4.09. The first-order valence-corrected chi connectivity index (χ1v) is 5.44. The number of nitrogens with zero attached hydrogens (tertiary/aromatic N) is 2. The van der Waals surface area contributed by atoms with Crippen LogP contribution in [0, 0.1) is 0 Å². The summed E-state index contributed by atoms with van der Waals surface area (Å²) in [5, 5.41) is 0.665. The van der Waals surface area contributed by atoms with E-state index in [1.807, 2.05) is 12.1 Å². The number of nitrogens with one attached hydrogen (secondary N) is 1. The van der Waals surface area contributed by atoms with Crippen LogP contribution in [0.1, 0.15) is 0 Å². The SMILES string of the molecule is O=c1cc(-c2ccc(Cl)cc2)[nH]c2nccn12. The molecule has 3 aromatic rings. The molecular formula is C12H8ClN3O. The summed E-state index contributed by atoms with van der Waals surface area (Å²) in [6, 6.07) is 8.81. The molecule has 0 amide bonds. The first-order valence-electron chi connectivity index (χ1n) is 5.06. The van der Waals surface area contributed by atoms with Crippen LogP contribution in [0.25, 0.3) is 17.0 Å². The molecule has 0 aliphatic rings. The second kappa shape index (κ2) is 3.75. The molecule has 2 heterocycles. The highest BCUT2D eigenvalue weighted by Gasteiger charge is 2.03. The molecule has 3 rings (SSSR count). The minimum absolute atomic E-state index is 0.110. The minimum Gasteiger partial charge on any atom is -0.324 e. The molecule has 1 N–H and O–H groups in total. The topological polar surface area (TPSA) is 50.2 Å². The van der Waals surface area contributed by atoms with Gasteiger partial charge in [0.15, 0.2) is 0 Å². The van der Waals surface area contributed by atoms with Gasteiger partial charge in [-0.2, -0.15) is 0 Å². The highest BCUT2D eigenvalue weighted by Crippen LogP contribution is 2.18. The van der Waals surface area contributed by atoms with E-state index in [1.54, 1.807) is 24.5 Å². The molecule has 84 valence electrons. The maximum Gasteiger partial charge on any atom is 0.259 e. The third-order valence-electron chi connectivity index (χ3n) is 2.55. The summed E-state index contributed by atoms with van der Waals surface area (Å²) in [6.07, 6.45) is 3.21. The van der Waals surface area contributed by atoms with Gasteiger partial charge in [0.2, 0.25) is 5.78 Å². The number of aromatic nitrogens is 3. The van der Waals surface area contributed by atoms with E-state index in [1.165, 1.54) is 10.5 Å². The summed E-state index contributed by atoms with van der Waals surface area (Å²) >= 11 is 5.82. The van der Waals surface area contributed by atoms with E-state index in [0.29, 0.717) is 10.8 Å². The Morgan fingerprint density at radius 3 is 2.76 bits per heavy atom. The third kappa shape index (κ3) is 1.72. The maximum atomic E-state index is 11.8. The Balaban J connectivity index is 2.23. The zero-order valence-electron chi connectivity index (χ0n) is 8.72. The first kappa shape index (κ1) is 10.1. The number of benzene rings is 1.